The molecule has 0 aromatic carbocycles. The Morgan fingerprint density at radius 2 is 2.11 bits per heavy atom. The second kappa shape index (κ2) is 3.94. The molecule has 0 spiro atoms. The van der Waals surface area contributed by atoms with E-state index in [1.54, 1.807) is 19.1 Å². The van der Waals surface area contributed by atoms with Crippen molar-refractivity contribution in [3.05, 3.63) is 29.2 Å². The van der Waals surface area contributed by atoms with E-state index in [0.29, 0.717) is 30.2 Å². The van der Waals surface area contributed by atoms with Gasteiger partial charge in [-0.3, -0.25) is 4.99 Å². The van der Waals surface area contributed by atoms with Crippen LogP contribution in [0.4, 0.5) is 13.2 Å². The lowest BCUT2D eigenvalue weighted by molar-refractivity contribution is -0.144. The van der Waals surface area contributed by atoms with Crippen molar-refractivity contribution in [3.63, 3.8) is 0 Å². The molecule has 0 aliphatic carbocycles. The van der Waals surface area contributed by atoms with Crippen molar-refractivity contribution < 1.29 is 13.2 Å². The first kappa shape index (κ1) is 11.9. The van der Waals surface area contributed by atoms with E-state index in [-0.39, 0.29) is 5.65 Å². The second-order valence-corrected chi connectivity index (χ2v) is 4.21. The average molecular weight is 269 g/mol. The van der Waals surface area contributed by atoms with Gasteiger partial charge < -0.3 is 5.32 Å². The van der Waals surface area contributed by atoms with Crippen molar-refractivity contribution in [2.45, 2.75) is 13.1 Å². The molecular formula is C11H10F3N5. The molecule has 3 heterocycles. The van der Waals surface area contributed by atoms with E-state index in [9.17, 15) is 13.2 Å². The fraction of sp³-hybridized carbons (Fsp3) is 0.364. The number of rotatable bonds is 1. The highest BCUT2D eigenvalue weighted by molar-refractivity contribution is 6.04. The lowest BCUT2D eigenvalue weighted by atomic mass is 10.2. The lowest BCUT2D eigenvalue weighted by Crippen LogP contribution is -2.20. The standard InChI is InChI=1S/C11H10F3N5/c1-6-2-3-7(8-15-4-5-16-8)9-17-10(11(12,13)14)18-19(6)9/h2-3H,4-5H2,1H3,(H,15,16). The van der Waals surface area contributed by atoms with E-state index in [1.807, 2.05) is 0 Å². The fourth-order valence-electron chi connectivity index (χ4n) is 1.96. The highest BCUT2D eigenvalue weighted by Gasteiger charge is 2.37. The summed E-state index contributed by atoms with van der Waals surface area (Å²) in [6.45, 7) is 2.96. The molecule has 0 amide bonds. The SMILES string of the molecule is Cc1ccc(C2=NCCN2)c2nc(C(F)(F)F)nn12. The number of halogens is 3. The third kappa shape index (κ3) is 1.92. The number of nitrogens with zero attached hydrogens (tertiary/aromatic N) is 4. The van der Waals surface area contributed by atoms with Crippen LogP contribution in [0.1, 0.15) is 17.1 Å². The predicted octanol–water partition coefficient (Wildman–Crippen LogP) is 1.41. The van der Waals surface area contributed by atoms with Crippen molar-refractivity contribution in [3.8, 4) is 0 Å². The molecule has 0 bridgehead atoms. The summed E-state index contributed by atoms with van der Waals surface area (Å²) < 4.78 is 39.2. The maximum atomic E-state index is 12.7. The minimum Gasteiger partial charge on any atom is -0.368 e. The molecule has 1 N–H and O–H groups in total. The van der Waals surface area contributed by atoms with Crippen molar-refractivity contribution in [1.29, 1.82) is 0 Å². The number of aryl methyl sites for hydroxylation is 1. The quantitative estimate of drug-likeness (QED) is 0.851. The fourth-order valence-corrected chi connectivity index (χ4v) is 1.96. The Labute approximate surface area is 106 Å². The molecular weight excluding hydrogens is 259 g/mol. The molecule has 0 saturated heterocycles. The van der Waals surface area contributed by atoms with Gasteiger partial charge in [0.15, 0.2) is 5.65 Å². The number of aromatic nitrogens is 3. The zero-order valence-corrected chi connectivity index (χ0v) is 9.99. The minimum absolute atomic E-state index is 0.167. The van der Waals surface area contributed by atoms with Gasteiger partial charge >= 0.3 is 6.18 Å². The summed E-state index contributed by atoms with van der Waals surface area (Å²) in [5, 5.41) is 6.53. The Bertz CT molecular complexity index is 671. The molecule has 0 fully saturated rings. The molecule has 19 heavy (non-hydrogen) atoms. The molecule has 100 valence electrons. The summed E-state index contributed by atoms with van der Waals surface area (Å²) in [6, 6.07) is 3.40. The number of amidine groups is 1. The van der Waals surface area contributed by atoms with Crippen LogP contribution in [-0.2, 0) is 6.18 Å². The van der Waals surface area contributed by atoms with E-state index >= 15 is 0 Å². The molecule has 0 radical (unpaired) electrons. The van der Waals surface area contributed by atoms with Crippen molar-refractivity contribution in [2.75, 3.05) is 13.1 Å². The molecule has 8 heteroatoms. The smallest absolute Gasteiger partial charge is 0.368 e. The van der Waals surface area contributed by atoms with Gasteiger partial charge in [0.1, 0.15) is 5.84 Å². The molecule has 0 atom stereocenters. The second-order valence-electron chi connectivity index (χ2n) is 4.21. The van der Waals surface area contributed by atoms with Gasteiger partial charge in [-0.1, -0.05) is 0 Å². The Morgan fingerprint density at radius 1 is 1.32 bits per heavy atom. The highest BCUT2D eigenvalue weighted by atomic mass is 19.4. The van der Waals surface area contributed by atoms with E-state index < -0.39 is 12.0 Å². The summed E-state index contributed by atoms with van der Waals surface area (Å²) in [4.78, 5) is 7.80. The zero-order valence-electron chi connectivity index (χ0n) is 9.99. The van der Waals surface area contributed by atoms with Crippen molar-refractivity contribution in [1.82, 2.24) is 19.9 Å². The predicted molar refractivity (Wildman–Crippen MR) is 62.1 cm³/mol. The monoisotopic (exact) mass is 269 g/mol. The Kier molecular flexibility index (Phi) is 2.48. The molecule has 0 unspecified atom stereocenters. The molecule has 2 aromatic rings. The van der Waals surface area contributed by atoms with Crippen LogP contribution in [-0.4, -0.2) is 33.5 Å². The first-order valence-electron chi connectivity index (χ1n) is 5.69. The summed E-state index contributed by atoms with van der Waals surface area (Å²) in [5.74, 6) is -0.576. The third-order valence-electron chi connectivity index (χ3n) is 2.86. The van der Waals surface area contributed by atoms with E-state index in [0.717, 1.165) is 0 Å². The zero-order chi connectivity index (χ0) is 13.6. The topological polar surface area (TPSA) is 54.6 Å². The Morgan fingerprint density at radius 3 is 2.74 bits per heavy atom. The van der Waals surface area contributed by atoms with Crippen LogP contribution in [0.25, 0.3) is 5.65 Å². The summed E-state index contributed by atoms with van der Waals surface area (Å²) in [5.41, 5.74) is 1.28. The van der Waals surface area contributed by atoms with E-state index in [4.69, 9.17) is 0 Å². The highest BCUT2D eigenvalue weighted by Crippen LogP contribution is 2.27. The molecule has 3 rings (SSSR count). The van der Waals surface area contributed by atoms with Crippen molar-refractivity contribution in [2.24, 2.45) is 4.99 Å². The first-order chi connectivity index (χ1) is 8.97. The van der Waals surface area contributed by atoms with E-state index in [1.165, 1.54) is 4.52 Å². The average Bonchev–Trinajstić information content (AvgIpc) is 2.97. The Hall–Kier alpha value is -2.12. The maximum absolute atomic E-state index is 12.7. The minimum atomic E-state index is -4.55. The van der Waals surface area contributed by atoms with Crippen molar-refractivity contribution >= 4 is 11.5 Å². The number of hydrogen-bond donors (Lipinski definition) is 1. The first-order valence-corrected chi connectivity index (χ1v) is 5.69. The van der Waals surface area contributed by atoms with Gasteiger partial charge in [0, 0.05) is 12.2 Å². The van der Waals surface area contributed by atoms with Crippen LogP contribution in [0.2, 0.25) is 0 Å². The van der Waals surface area contributed by atoms with Crippen LogP contribution in [0.15, 0.2) is 17.1 Å². The van der Waals surface area contributed by atoms with Crippen LogP contribution in [0.5, 0.6) is 0 Å². The Balaban J connectivity index is 2.24. The molecule has 5 nitrogen and oxygen atoms in total. The number of hydrogen-bond acceptors (Lipinski definition) is 4. The number of fused-ring (bicyclic) bond motifs is 1. The van der Waals surface area contributed by atoms with Crippen LogP contribution >= 0.6 is 0 Å². The van der Waals surface area contributed by atoms with Gasteiger partial charge in [-0.15, -0.1) is 5.10 Å². The number of alkyl halides is 3. The molecule has 0 saturated carbocycles. The van der Waals surface area contributed by atoms with Crippen LogP contribution < -0.4 is 5.32 Å². The summed E-state index contributed by atoms with van der Waals surface area (Å²) in [6.07, 6.45) is -4.55. The van der Waals surface area contributed by atoms with Gasteiger partial charge in [-0.2, -0.15) is 13.2 Å². The van der Waals surface area contributed by atoms with Gasteiger partial charge in [0.05, 0.1) is 12.1 Å². The van der Waals surface area contributed by atoms with Gasteiger partial charge in [-0.05, 0) is 19.1 Å². The summed E-state index contributed by atoms with van der Waals surface area (Å²) >= 11 is 0. The normalized spacial score (nSPS) is 15.7. The lowest BCUT2D eigenvalue weighted by Gasteiger charge is -2.05. The van der Waals surface area contributed by atoms with Crippen LogP contribution in [0.3, 0.4) is 0 Å². The van der Waals surface area contributed by atoms with Crippen LogP contribution in [0, 0.1) is 6.92 Å². The number of aliphatic imine (C=N–C) groups is 1. The number of nitrogens with one attached hydrogen (secondary N) is 1. The number of pyridine rings is 1. The molecule has 1 aliphatic heterocycles. The molecule has 1 aliphatic rings. The summed E-state index contributed by atoms with van der Waals surface area (Å²) in [7, 11) is 0. The van der Waals surface area contributed by atoms with E-state index in [2.05, 4.69) is 20.4 Å². The maximum Gasteiger partial charge on any atom is 0.453 e. The van der Waals surface area contributed by atoms with Gasteiger partial charge in [0.25, 0.3) is 5.82 Å². The largest absolute Gasteiger partial charge is 0.453 e. The third-order valence-corrected chi connectivity index (χ3v) is 2.86. The molecule has 2 aromatic heterocycles. The van der Waals surface area contributed by atoms with Gasteiger partial charge in [-0.25, -0.2) is 9.50 Å². The van der Waals surface area contributed by atoms with Gasteiger partial charge in [0.2, 0.25) is 0 Å².